The van der Waals surface area contributed by atoms with Crippen molar-refractivity contribution in [2.75, 3.05) is 18.4 Å². The van der Waals surface area contributed by atoms with Gasteiger partial charge in [0.15, 0.2) is 5.66 Å². The minimum atomic E-state index is -0.270. The molecule has 0 saturated carbocycles. The lowest BCUT2D eigenvalue weighted by molar-refractivity contribution is 0.166. The van der Waals surface area contributed by atoms with Crippen LogP contribution in [0.2, 0.25) is 0 Å². The van der Waals surface area contributed by atoms with Gasteiger partial charge in [0.05, 0.1) is 5.69 Å². The normalized spacial score (nSPS) is 19.3. The van der Waals surface area contributed by atoms with E-state index in [4.69, 9.17) is 0 Å². The molecule has 118 valence electrons. The van der Waals surface area contributed by atoms with Gasteiger partial charge in [-0.25, -0.2) is 4.39 Å². The number of azo groups is 1. The Labute approximate surface area is 135 Å². The molecule has 1 saturated heterocycles. The largest absolute Gasteiger partial charge is 0.358 e. The second-order valence-electron chi connectivity index (χ2n) is 6.28. The molecule has 23 heavy (non-hydrogen) atoms. The maximum absolute atomic E-state index is 13.0. The van der Waals surface area contributed by atoms with E-state index in [1.54, 1.807) is 0 Å². The van der Waals surface area contributed by atoms with E-state index in [1.807, 2.05) is 30.3 Å². The summed E-state index contributed by atoms with van der Waals surface area (Å²) in [6, 6.07) is 14.8. The van der Waals surface area contributed by atoms with Crippen LogP contribution in [-0.2, 0) is 6.54 Å². The van der Waals surface area contributed by atoms with Crippen LogP contribution in [0.4, 0.5) is 15.8 Å². The van der Waals surface area contributed by atoms with Gasteiger partial charge in [-0.3, -0.25) is 4.90 Å². The van der Waals surface area contributed by atoms with E-state index in [2.05, 4.69) is 26.5 Å². The predicted molar refractivity (Wildman–Crippen MR) is 88.2 cm³/mol. The molecule has 0 radical (unpaired) electrons. The molecule has 0 bridgehead atoms. The average Bonchev–Trinajstić information content (AvgIpc) is 2.59. The van der Waals surface area contributed by atoms with Crippen molar-refractivity contribution >= 4 is 11.4 Å². The number of benzene rings is 2. The van der Waals surface area contributed by atoms with Crippen molar-refractivity contribution in [1.82, 2.24) is 4.90 Å². The lowest BCUT2D eigenvalue weighted by atomic mass is 9.96. The van der Waals surface area contributed by atoms with Crippen molar-refractivity contribution in [2.45, 2.75) is 25.0 Å². The fraction of sp³-hybridized carbons (Fsp3) is 0.333. The first-order chi connectivity index (χ1) is 11.2. The molecule has 1 N–H and O–H groups in total. The number of fused-ring (bicyclic) bond motifs is 1. The fourth-order valence-corrected chi connectivity index (χ4v) is 3.25. The van der Waals surface area contributed by atoms with Crippen LogP contribution in [0, 0.1) is 5.82 Å². The first kappa shape index (κ1) is 14.3. The Morgan fingerprint density at radius 3 is 2.57 bits per heavy atom. The fourth-order valence-electron chi connectivity index (χ4n) is 3.25. The predicted octanol–water partition coefficient (Wildman–Crippen LogP) is 4.33. The highest BCUT2D eigenvalue weighted by molar-refractivity contribution is 5.67. The molecular weight excluding hydrogens is 291 g/mol. The van der Waals surface area contributed by atoms with Crippen molar-refractivity contribution in [3.05, 3.63) is 59.9 Å². The second-order valence-corrected chi connectivity index (χ2v) is 6.28. The van der Waals surface area contributed by atoms with E-state index in [0.29, 0.717) is 0 Å². The SMILES string of the molecule is Fc1ccc(CN2CCC3(CC2)N=Nc2ccccc2N3)cc1. The zero-order chi connectivity index (χ0) is 15.7. The maximum atomic E-state index is 13.0. The molecule has 2 aliphatic heterocycles. The molecule has 5 heteroatoms. The van der Waals surface area contributed by atoms with Crippen LogP contribution >= 0.6 is 0 Å². The van der Waals surface area contributed by atoms with E-state index in [0.717, 1.165) is 49.4 Å². The highest BCUT2D eigenvalue weighted by Gasteiger charge is 2.37. The van der Waals surface area contributed by atoms with E-state index in [9.17, 15) is 4.39 Å². The molecule has 0 aromatic heterocycles. The summed E-state index contributed by atoms with van der Waals surface area (Å²) in [5.41, 5.74) is 2.85. The summed E-state index contributed by atoms with van der Waals surface area (Å²) in [4.78, 5) is 2.39. The highest BCUT2D eigenvalue weighted by Crippen LogP contribution is 2.38. The minimum Gasteiger partial charge on any atom is -0.358 e. The number of nitrogens with one attached hydrogen (secondary N) is 1. The van der Waals surface area contributed by atoms with Gasteiger partial charge in [-0.05, 0) is 29.8 Å². The van der Waals surface area contributed by atoms with Crippen molar-refractivity contribution in [3.8, 4) is 0 Å². The number of nitrogens with zero attached hydrogens (tertiary/aromatic N) is 3. The van der Waals surface area contributed by atoms with Crippen molar-refractivity contribution in [1.29, 1.82) is 0 Å². The monoisotopic (exact) mass is 310 g/mol. The standard InChI is InChI=1S/C18H19FN4/c19-15-7-5-14(6-8-15)13-23-11-9-18(10-12-23)20-16-3-1-2-4-17(16)21-22-18/h1-8,20H,9-13H2. The molecule has 1 spiro atoms. The van der Waals surface area contributed by atoms with Crippen molar-refractivity contribution in [2.24, 2.45) is 10.2 Å². The van der Waals surface area contributed by atoms with Gasteiger partial charge >= 0.3 is 0 Å². The molecule has 2 aliphatic rings. The van der Waals surface area contributed by atoms with Gasteiger partial charge < -0.3 is 5.32 Å². The molecule has 1 fully saturated rings. The summed E-state index contributed by atoms with van der Waals surface area (Å²) < 4.78 is 13.0. The summed E-state index contributed by atoms with van der Waals surface area (Å²) >= 11 is 0. The molecule has 0 unspecified atom stereocenters. The Bertz CT molecular complexity index is 718. The number of likely N-dealkylation sites (tertiary alicyclic amines) is 1. The Morgan fingerprint density at radius 2 is 1.78 bits per heavy atom. The lowest BCUT2D eigenvalue weighted by Crippen LogP contribution is -2.48. The van der Waals surface area contributed by atoms with Crippen LogP contribution in [0.25, 0.3) is 0 Å². The number of para-hydroxylation sites is 1. The molecule has 0 atom stereocenters. The smallest absolute Gasteiger partial charge is 0.153 e. The van der Waals surface area contributed by atoms with Gasteiger partial charge in [0, 0.05) is 32.5 Å². The second kappa shape index (κ2) is 5.74. The summed E-state index contributed by atoms with van der Waals surface area (Å²) in [5, 5.41) is 12.5. The molecule has 0 amide bonds. The Morgan fingerprint density at radius 1 is 1.04 bits per heavy atom. The third kappa shape index (κ3) is 2.97. The molecule has 2 heterocycles. The van der Waals surface area contributed by atoms with Gasteiger partial charge in [0.1, 0.15) is 11.5 Å². The number of halogens is 1. The lowest BCUT2D eigenvalue weighted by Gasteiger charge is -2.41. The number of hydrogen-bond donors (Lipinski definition) is 1. The van der Waals surface area contributed by atoms with Gasteiger partial charge in [0.2, 0.25) is 0 Å². The zero-order valence-corrected chi connectivity index (χ0v) is 12.9. The van der Waals surface area contributed by atoms with Crippen LogP contribution in [-0.4, -0.2) is 23.7 Å². The van der Waals surface area contributed by atoms with Gasteiger partial charge in [-0.2, -0.15) is 10.2 Å². The Kier molecular flexibility index (Phi) is 3.58. The molecule has 0 aliphatic carbocycles. The van der Waals surface area contributed by atoms with E-state index >= 15 is 0 Å². The van der Waals surface area contributed by atoms with Gasteiger partial charge in [-0.15, -0.1) is 0 Å². The molecular formula is C18H19FN4. The number of piperidine rings is 1. The van der Waals surface area contributed by atoms with E-state index < -0.39 is 0 Å². The number of hydrogen-bond acceptors (Lipinski definition) is 4. The van der Waals surface area contributed by atoms with Crippen molar-refractivity contribution < 1.29 is 4.39 Å². The highest BCUT2D eigenvalue weighted by atomic mass is 19.1. The van der Waals surface area contributed by atoms with Crippen molar-refractivity contribution in [3.63, 3.8) is 0 Å². The summed E-state index contributed by atoms with van der Waals surface area (Å²) in [7, 11) is 0. The first-order valence-corrected chi connectivity index (χ1v) is 7.99. The molecule has 4 rings (SSSR count). The van der Waals surface area contributed by atoms with Gasteiger partial charge in [-0.1, -0.05) is 24.3 Å². The minimum absolute atomic E-state index is 0.183. The van der Waals surface area contributed by atoms with E-state index in [1.165, 1.54) is 12.1 Å². The number of anilines is 1. The zero-order valence-electron chi connectivity index (χ0n) is 12.9. The summed E-state index contributed by atoms with van der Waals surface area (Å²) in [6.07, 6.45) is 1.85. The average molecular weight is 310 g/mol. The molecule has 2 aromatic rings. The maximum Gasteiger partial charge on any atom is 0.153 e. The topological polar surface area (TPSA) is 40.0 Å². The van der Waals surface area contributed by atoms with Crippen LogP contribution in [0.1, 0.15) is 18.4 Å². The quantitative estimate of drug-likeness (QED) is 0.897. The Balaban J connectivity index is 1.41. The molecule has 2 aromatic carbocycles. The third-order valence-corrected chi connectivity index (χ3v) is 4.62. The number of rotatable bonds is 2. The van der Waals surface area contributed by atoms with Crippen LogP contribution < -0.4 is 5.32 Å². The first-order valence-electron chi connectivity index (χ1n) is 7.99. The summed E-state index contributed by atoms with van der Waals surface area (Å²) in [6.45, 7) is 2.75. The third-order valence-electron chi connectivity index (χ3n) is 4.62. The van der Waals surface area contributed by atoms with E-state index in [-0.39, 0.29) is 11.5 Å². The Hall–Kier alpha value is -2.27. The van der Waals surface area contributed by atoms with Crippen LogP contribution in [0.15, 0.2) is 58.8 Å². The summed E-state index contributed by atoms with van der Waals surface area (Å²) in [5.74, 6) is -0.183. The van der Waals surface area contributed by atoms with Crippen LogP contribution in [0.5, 0.6) is 0 Å². The van der Waals surface area contributed by atoms with Crippen LogP contribution in [0.3, 0.4) is 0 Å². The van der Waals surface area contributed by atoms with Gasteiger partial charge in [0.25, 0.3) is 0 Å². The molecule has 4 nitrogen and oxygen atoms in total.